The number of methoxy groups -OCH3 is 1. The second-order valence-electron chi connectivity index (χ2n) is 4.28. The molecule has 0 amide bonds. The van der Waals surface area contributed by atoms with Crippen LogP contribution in [0.5, 0.6) is 5.75 Å². The van der Waals surface area contributed by atoms with Gasteiger partial charge in [0.15, 0.2) is 0 Å². The first kappa shape index (κ1) is 12.9. The van der Waals surface area contributed by atoms with Gasteiger partial charge in [-0.15, -0.1) is 0 Å². The first-order chi connectivity index (χ1) is 8.61. The van der Waals surface area contributed by atoms with Crippen LogP contribution >= 0.6 is 11.6 Å². The maximum absolute atomic E-state index is 6.23. The first-order valence-electron chi connectivity index (χ1n) is 5.77. The van der Waals surface area contributed by atoms with Crippen molar-refractivity contribution >= 4 is 11.6 Å². The average molecular weight is 262 g/mol. The minimum Gasteiger partial charge on any atom is -0.495 e. The fraction of sp³-hybridized carbons (Fsp3) is 0.200. The zero-order valence-electron chi connectivity index (χ0n) is 10.5. The van der Waals surface area contributed by atoms with Crippen LogP contribution in [0.4, 0.5) is 0 Å². The highest BCUT2D eigenvalue weighted by Crippen LogP contribution is 2.29. The predicted octanol–water partition coefficient (Wildman–Crippen LogP) is 3.71. The van der Waals surface area contributed by atoms with Gasteiger partial charge in [0, 0.05) is 0 Å². The quantitative estimate of drug-likeness (QED) is 0.914. The van der Waals surface area contributed by atoms with Crippen LogP contribution in [-0.4, -0.2) is 7.11 Å². The monoisotopic (exact) mass is 261 g/mol. The fourth-order valence-electron chi connectivity index (χ4n) is 1.84. The molecule has 2 N–H and O–H groups in total. The van der Waals surface area contributed by atoms with Gasteiger partial charge >= 0.3 is 0 Å². The van der Waals surface area contributed by atoms with E-state index in [4.69, 9.17) is 22.1 Å². The summed E-state index contributed by atoms with van der Waals surface area (Å²) in [6, 6.07) is 13.6. The number of ether oxygens (including phenoxy) is 1. The molecule has 1 atom stereocenters. The molecule has 0 radical (unpaired) electrons. The molecular weight excluding hydrogens is 246 g/mol. The van der Waals surface area contributed by atoms with Gasteiger partial charge in [-0.3, -0.25) is 0 Å². The van der Waals surface area contributed by atoms with Gasteiger partial charge in [-0.25, -0.2) is 0 Å². The first-order valence-corrected chi connectivity index (χ1v) is 6.15. The summed E-state index contributed by atoms with van der Waals surface area (Å²) in [6.45, 7) is 2.06. The zero-order chi connectivity index (χ0) is 13.1. The van der Waals surface area contributed by atoms with Gasteiger partial charge in [-0.05, 0) is 30.2 Å². The standard InChI is InChI=1S/C15H16ClNO/c1-10-3-5-11(6-4-10)15(17)12-7-8-14(18-2)13(16)9-12/h3-9,15H,17H2,1-2H3. The third kappa shape index (κ3) is 2.66. The molecule has 2 nitrogen and oxygen atoms in total. The van der Waals surface area contributed by atoms with Crippen molar-refractivity contribution in [3.8, 4) is 5.75 Å². The Morgan fingerprint density at radius 1 is 1.06 bits per heavy atom. The van der Waals surface area contributed by atoms with Crippen LogP contribution in [0, 0.1) is 6.92 Å². The Morgan fingerprint density at radius 3 is 2.22 bits per heavy atom. The molecule has 0 saturated heterocycles. The number of benzene rings is 2. The summed E-state index contributed by atoms with van der Waals surface area (Å²) in [4.78, 5) is 0. The molecular formula is C15H16ClNO. The van der Waals surface area contributed by atoms with Gasteiger partial charge in [0.05, 0.1) is 18.2 Å². The van der Waals surface area contributed by atoms with E-state index in [2.05, 4.69) is 19.1 Å². The van der Waals surface area contributed by atoms with Gasteiger partial charge in [-0.1, -0.05) is 47.5 Å². The molecule has 0 bridgehead atoms. The summed E-state index contributed by atoms with van der Waals surface area (Å²) in [6.07, 6.45) is 0. The largest absolute Gasteiger partial charge is 0.495 e. The predicted molar refractivity (Wildman–Crippen MR) is 75.2 cm³/mol. The normalized spacial score (nSPS) is 12.2. The van der Waals surface area contributed by atoms with Crippen LogP contribution in [0.3, 0.4) is 0 Å². The Hall–Kier alpha value is -1.51. The lowest BCUT2D eigenvalue weighted by Gasteiger charge is -2.14. The molecule has 0 fully saturated rings. The molecule has 2 rings (SSSR count). The van der Waals surface area contributed by atoms with Crippen LogP contribution < -0.4 is 10.5 Å². The molecule has 18 heavy (non-hydrogen) atoms. The molecule has 2 aromatic rings. The molecule has 3 heteroatoms. The summed E-state index contributed by atoms with van der Waals surface area (Å²) >= 11 is 6.11. The van der Waals surface area contributed by atoms with E-state index >= 15 is 0 Å². The smallest absolute Gasteiger partial charge is 0.137 e. The Kier molecular flexibility index (Phi) is 3.90. The zero-order valence-corrected chi connectivity index (χ0v) is 11.2. The van der Waals surface area contributed by atoms with Crippen molar-refractivity contribution < 1.29 is 4.74 Å². The summed E-state index contributed by atoms with van der Waals surface area (Å²) in [7, 11) is 1.60. The lowest BCUT2D eigenvalue weighted by Crippen LogP contribution is -2.11. The van der Waals surface area contributed by atoms with Crippen molar-refractivity contribution in [2.24, 2.45) is 5.73 Å². The molecule has 0 spiro atoms. The minimum atomic E-state index is -0.172. The van der Waals surface area contributed by atoms with E-state index < -0.39 is 0 Å². The Morgan fingerprint density at radius 2 is 1.67 bits per heavy atom. The Bertz CT molecular complexity index is 537. The van der Waals surface area contributed by atoms with Crippen molar-refractivity contribution in [1.82, 2.24) is 0 Å². The van der Waals surface area contributed by atoms with Crippen LogP contribution in [0.15, 0.2) is 42.5 Å². The lowest BCUT2D eigenvalue weighted by molar-refractivity contribution is 0.415. The second kappa shape index (κ2) is 5.42. The average Bonchev–Trinajstić information content (AvgIpc) is 2.38. The van der Waals surface area contributed by atoms with E-state index in [0.29, 0.717) is 10.8 Å². The minimum absolute atomic E-state index is 0.172. The van der Waals surface area contributed by atoms with Gasteiger partial charge in [0.25, 0.3) is 0 Å². The van der Waals surface area contributed by atoms with Crippen LogP contribution in [0.2, 0.25) is 5.02 Å². The van der Waals surface area contributed by atoms with E-state index in [9.17, 15) is 0 Å². The molecule has 0 saturated carbocycles. The molecule has 1 unspecified atom stereocenters. The number of nitrogens with two attached hydrogens (primary N) is 1. The van der Waals surface area contributed by atoms with E-state index in [-0.39, 0.29) is 6.04 Å². The highest BCUT2D eigenvalue weighted by molar-refractivity contribution is 6.32. The number of hydrogen-bond acceptors (Lipinski definition) is 2. The Balaban J connectivity index is 2.31. The molecule has 94 valence electrons. The van der Waals surface area contributed by atoms with E-state index in [0.717, 1.165) is 11.1 Å². The SMILES string of the molecule is COc1ccc(C(N)c2ccc(C)cc2)cc1Cl. The molecule has 0 aromatic heterocycles. The van der Waals surface area contributed by atoms with Crippen LogP contribution in [-0.2, 0) is 0 Å². The van der Waals surface area contributed by atoms with E-state index in [1.165, 1.54) is 5.56 Å². The van der Waals surface area contributed by atoms with Crippen molar-refractivity contribution in [2.75, 3.05) is 7.11 Å². The molecule has 0 aliphatic carbocycles. The number of halogens is 1. The molecule has 0 aliphatic rings. The van der Waals surface area contributed by atoms with Gasteiger partial charge in [0.1, 0.15) is 5.75 Å². The highest BCUT2D eigenvalue weighted by atomic mass is 35.5. The molecule has 0 heterocycles. The summed E-state index contributed by atoms with van der Waals surface area (Å²) < 4.78 is 5.13. The van der Waals surface area contributed by atoms with E-state index in [1.807, 2.05) is 30.3 Å². The third-order valence-corrected chi connectivity index (χ3v) is 3.27. The number of aryl methyl sites for hydroxylation is 1. The number of rotatable bonds is 3. The third-order valence-electron chi connectivity index (χ3n) is 2.97. The maximum atomic E-state index is 6.23. The Labute approximate surface area is 112 Å². The summed E-state index contributed by atoms with van der Waals surface area (Å²) in [5.41, 5.74) is 9.50. The van der Waals surface area contributed by atoms with Crippen molar-refractivity contribution in [3.63, 3.8) is 0 Å². The van der Waals surface area contributed by atoms with Gasteiger partial charge < -0.3 is 10.5 Å². The summed E-state index contributed by atoms with van der Waals surface area (Å²) in [5.74, 6) is 0.663. The lowest BCUT2D eigenvalue weighted by atomic mass is 9.99. The van der Waals surface area contributed by atoms with Crippen molar-refractivity contribution in [1.29, 1.82) is 0 Å². The van der Waals surface area contributed by atoms with E-state index in [1.54, 1.807) is 7.11 Å². The van der Waals surface area contributed by atoms with Crippen LogP contribution in [0.1, 0.15) is 22.7 Å². The molecule has 0 aliphatic heterocycles. The molecule has 2 aromatic carbocycles. The maximum Gasteiger partial charge on any atom is 0.137 e. The van der Waals surface area contributed by atoms with Gasteiger partial charge in [0.2, 0.25) is 0 Å². The summed E-state index contributed by atoms with van der Waals surface area (Å²) in [5, 5.41) is 0.581. The highest BCUT2D eigenvalue weighted by Gasteiger charge is 2.11. The second-order valence-corrected chi connectivity index (χ2v) is 4.69. The topological polar surface area (TPSA) is 35.2 Å². The van der Waals surface area contributed by atoms with Crippen molar-refractivity contribution in [2.45, 2.75) is 13.0 Å². The van der Waals surface area contributed by atoms with Gasteiger partial charge in [-0.2, -0.15) is 0 Å². The fourth-order valence-corrected chi connectivity index (χ4v) is 2.11. The number of hydrogen-bond donors (Lipinski definition) is 1. The van der Waals surface area contributed by atoms with Crippen LogP contribution in [0.25, 0.3) is 0 Å². The van der Waals surface area contributed by atoms with Crippen molar-refractivity contribution in [3.05, 3.63) is 64.2 Å².